The largest absolute Gasteiger partial charge is 0.481 e. The predicted octanol–water partition coefficient (Wildman–Crippen LogP) is 2.36. The zero-order valence-electron chi connectivity index (χ0n) is 13.8. The maximum atomic E-state index is 12.7. The Balaban J connectivity index is 1.81. The third-order valence-corrected chi connectivity index (χ3v) is 4.49. The number of hydrogen-bond acceptors (Lipinski definition) is 3. The summed E-state index contributed by atoms with van der Waals surface area (Å²) in [5, 5.41) is 13.5. The standard InChI is InChI=1S/C18H21N3O3/c1-12-7-14(18(23)24)10-20(9-12)17(22)15-8-19-21(11-15)16-6-4-3-5-13(16)2/h3-6,8,11-12,14H,7,9-10H2,1-2H3,(H,23,24). The van der Waals surface area contributed by atoms with Crippen LogP contribution in [0.3, 0.4) is 0 Å². The molecule has 1 aliphatic rings. The molecular weight excluding hydrogens is 306 g/mol. The van der Waals surface area contributed by atoms with Crippen LogP contribution in [0.15, 0.2) is 36.7 Å². The second-order valence-electron chi connectivity index (χ2n) is 6.55. The molecule has 1 aromatic heterocycles. The van der Waals surface area contributed by atoms with Crippen molar-refractivity contribution < 1.29 is 14.7 Å². The fourth-order valence-corrected chi connectivity index (χ4v) is 3.26. The molecule has 2 atom stereocenters. The van der Waals surface area contributed by atoms with Crippen LogP contribution in [0.2, 0.25) is 0 Å². The molecule has 1 amide bonds. The molecule has 0 saturated carbocycles. The number of carbonyl (C=O) groups excluding carboxylic acids is 1. The lowest BCUT2D eigenvalue weighted by atomic mass is 9.90. The molecule has 6 nitrogen and oxygen atoms in total. The van der Waals surface area contributed by atoms with E-state index in [1.807, 2.05) is 38.1 Å². The van der Waals surface area contributed by atoms with Gasteiger partial charge in [0.15, 0.2) is 0 Å². The second-order valence-corrected chi connectivity index (χ2v) is 6.55. The molecule has 2 heterocycles. The first-order valence-corrected chi connectivity index (χ1v) is 8.08. The molecule has 0 bridgehead atoms. The normalized spacial score (nSPS) is 20.8. The highest BCUT2D eigenvalue weighted by atomic mass is 16.4. The minimum Gasteiger partial charge on any atom is -0.481 e. The topological polar surface area (TPSA) is 75.4 Å². The van der Waals surface area contributed by atoms with Crippen LogP contribution >= 0.6 is 0 Å². The zero-order chi connectivity index (χ0) is 17.3. The Morgan fingerprint density at radius 1 is 1.25 bits per heavy atom. The van der Waals surface area contributed by atoms with Gasteiger partial charge in [-0.15, -0.1) is 0 Å². The molecule has 1 saturated heterocycles. The number of nitrogens with zero attached hydrogens (tertiary/aromatic N) is 3. The molecule has 6 heteroatoms. The summed E-state index contributed by atoms with van der Waals surface area (Å²) in [7, 11) is 0. The predicted molar refractivity (Wildman–Crippen MR) is 89.1 cm³/mol. The Morgan fingerprint density at radius 3 is 2.71 bits per heavy atom. The zero-order valence-corrected chi connectivity index (χ0v) is 13.8. The average Bonchev–Trinajstić information content (AvgIpc) is 3.03. The molecule has 2 unspecified atom stereocenters. The van der Waals surface area contributed by atoms with Crippen molar-refractivity contribution in [2.45, 2.75) is 20.3 Å². The number of carbonyl (C=O) groups is 2. The number of aromatic nitrogens is 2. The second kappa shape index (κ2) is 6.47. The van der Waals surface area contributed by atoms with Crippen LogP contribution in [0.5, 0.6) is 0 Å². The molecule has 0 aliphatic carbocycles. The lowest BCUT2D eigenvalue weighted by Crippen LogP contribution is -2.45. The molecule has 1 aliphatic heterocycles. The number of amides is 1. The summed E-state index contributed by atoms with van der Waals surface area (Å²) >= 11 is 0. The van der Waals surface area contributed by atoms with Crippen LogP contribution in [-0.4, -0.2) is 44.8 Å². The van der Waals surface area contributed by atoms with Crippen LogP contribution in [0.25, 0.3) is 5.69 Å². The number of benzene rings is 1. The summed E-state index contributed by atoms with van der Waals surface area (Å²) in [5.74, 6) is -1.32. The summed E-state index contributed by atoms with van der Waals surface area (Å²) < 4.78 is 1.69. The molecule has 1 fully saturated rings. The highest BCUT2D eigenvalue weighted by Gasteiger charge is 2.32. The van der Waals surface area contributed by atoms with Gasteiger partial charge in [0.2, 0.25) is 0 Å². The Morgan fingerprint density at radius 2 is 2.00 bits per heavy atom. The highest BCUT2D eigenvalue weighted by molar-refractivity contribution is 5.94. The average molecular weight is 327 g/mol. The van der Waals surface area contributed by atoms with Crippen LogP contribution in [-0.2, 0) is 4.79 Å². The molecule has 1 aromatic carbocycles. The Labute approximate surface area is 140 Å². The van der Waals surface area contributed by atoms with Crippen LogP contribution in [0.4, 0.5) is 0 Å². The van der Waals surface area contributed by atoms with E-state index < -0.39 is 11.9 Å². The lowest BCUT2D eigenvalue weighted by molar-refractivity contribution is -0.143. The number of aliphatic carboxylic acids is 1. The van der Waals surface area contributed by atoms with E-state index in [1.54, 1.807) is 22.0 Å². The molecule has 126 valence electrons. The molecule has 0 spiro atoms. The first-order chi connectivity index (χ1) is 11.5. The molecule has 24 heavy (non-hydrogen) atoms. The SMILES string of the molecule is Cc1ccccc1-n1cc(C(=O)N2CC(C)CC(C(=O)O)C2)cn1. The molecular formula is C18H21N3O3. The lowest BCUT2D eigenvalue weighted by Gasteiger charge is -2.34. The number of aryl methyl sites for hydroxylation is 1. The van der Waals surface area contributed by atoms with Gasteiger partial charge in [-0.05, 0) is 30.9 Å². The van der Waals surface area contributed by atoms with E-state index in [-0.39, 0.29) is 18.4 Å². The smallest absolute Gasteiger partial charge is 0.308 e. The van der Waals surface area contributed by atoms with Crippen molar-refractivity contribution in [3.63, 3.8) is 0 Å². The molecule has 3 rings (SSSR count). The summed E-state index contributed by atoms with van der Waals surface area (Å²) in [6, 6.07) is 7.81. The van der Waals surface area contributed by atoms with E-state index in [1.165, 1.54) is 0 Å². The van der Waals surface area contributed by atoms with Gasteiger partial charge in [-0.3, -0.25) is 9.59 Å². The van der Waals surface area contributed by atoms with Gasteiger partial charge in [-0.2, -0.15) is 5.10 Å². The van der Waals surface area contributed by atoms with E-state index in [0.29, 0.717) is 18.5 Å². The van der Waals surface area contributed by atoms with Crippen molar-refractivity contribution in [3.8, 4) is 5.69 Å². The number of piperidine rings is 1. The van der Waals surface area contributed by atoms with Gasteiger partial charge in [0.25, 0.3) is 5.91 Å². The van der Waals surface area contributed by atoms with Gasteiger partial charge in [0.1, 0.15) is 0 Å². The Kier molecular flexibility index (Phi) is 4.38. The number of hydrogen-bond donors (Lipinski definition) is 1. The monoisotopic (exact) mass is 327 g/mol. The summed E-state index contributed by atoms with van der Waals surface area (Å²) in [4.78, 5) is 25.6. The third kappa shape index (κ3) is 3.18. The highest BCUT2D eigenvalue weighted by Crippen LogP contribution is 2.23. The van der Waals surface area contributed by atoms with E-state index >= 15 is 0 Å². The first-order valence-electron chi connectivity index (χ1n) is 8.08. The van der Waals surface area contributed by atoms with Gasteiger partial charge in [0, 0.05) is 19.3 Å². The fraction of sp³-hybridized carbons (Fsp3) is 0.389. The summed E-state index contributed by atoms with van der Waals surface area (Å²) in [5.41, 5.74) is 2.47. The van der Waals surface area contributed by atoms with Gasteiger partial charge in [-0.25, -0.2) is 4.68 Å². The first kappa shape index (κ1) is 16.2. The van der Waals surface area contributed by atoms with E-state index in [2.05, 4.69) is 5.10 Å². The van der Waals surface area contributed by atoms with E-state index in [9.17, 15) is 14.7 Å². The van der Waals surface area contributed by atoms with Gasteiger partial charge >= 0.3 is 5.97 Å². The van der Waals surface area contributed by atoms with Crippen molar-refractivity contribution >= 4 is 11.9 Å². The van der Waals surface area contributed by atoms with Crippen molar-refractivity contribution in [1.29, 1.82) is 0 Å². The van der Waals surface area contributed by atoms with Crippen molar-refractivity contribution in [2.75, 3.05) is 13.1 Å². The molecule has 1 N–H and O–H groups in total. The number of carboxylic acids is 1. The number of likely N-dealkylation sites (tertiary alicyclic amines) is 1. The van der Waals surface area contributed by atoms with Crippen molar-refractivity contribution in [1.82, 2.24) is 14.7 Å². The van der Waals surface area contributed by atoms with Crippen LogP contribution in [0.1, 0.15) is 29.3 Å². The number of carboxylic acid groups (broad SMARTS) is 1. The van der Waals surface area contributed by atoms with Crippen LogP contribution in [0, 0.1) is 18.8 Å². The van der Waals surface area contributed by atoms with Crippen molar-refractivity contribution in [3.05, 3.63) is 47.8 Å². The molecule has 0 radical (unpaired) electrons. The van der Waals surface area contributed by atoms with Gasteiger partial charge in [0.05, 0.1) is 23.4 Å². The maximum absolute atomic E-state index is 12.7. The minimum absolute atomic E-state index is 0.160. The third-order valence-electron chi connectivity index (χ3n) is 4.49. The summed E-state index contributed by atoms with van der Waals surface area (Å²) in [6.07, 6.45) is 3.87. The Bertz CT molecular complexity index is 768. The number of para-hydroxylation sites is 1. The quantitative estimate of drug-likeness (QED) is 0.939. The summed E-state index contributed by atoms with van der Waals surface area (Å²) in [6.45, 7) is 4.81. The fourth-order valence-electron chi connectivity index (χ4n) is 3.26. The Hall–Kier alpha value is -2.63. The van der Waals surface area contributed by atoms with E-state index in [4.69, 9.17) is 0 Å². The molecule has 2 aromatic rings. The minimum atomic E-state index is -0.838. The van der Waals surface area contributed by atoms with Gasteiger partial charge in [-0.1, -0.05) is 25.1 Å². The van der Waals surface area contributed by atoms with E-state index in [0.717, 1.165) is 11.3 Å². The van der Waals surface area contributed by atoms with Gasteiger partial charge < -0.3 is 10.0 Å². The maximum Gasteiger partial charge on any atom is 0.308 e. The number of rotatable bonds is 3. The van der Waals surface area contributed by atoms with Crippen LogP contribution < -0.4 is 0 Å². The van der Waals surface area contributed by atoms with Crippen molar-refractivity contribution in [2.24, 2.45) is 11.8 Å².